The summed E-state index contributed by atoms with van der Waals surface area (Å²) in [5, 5.41) is 8.78. The Morgan fingerprint density at radius 3 is 2.23 bits per heavy atom. The quantitative estimate of drug-likeness (QED) is 0.625. The Bertz CT molecular complexity index is 952. The molecule has 2 N–H and O–H groups in total. The number of hydrogen-bond donors (Lipinski definition) is 2. The molecule has 0 fully saturated rings. The molecule has 3 rings (SSSR count). The lowest BCUT2D eigenvalue weighted by molar-refractivity contribution is 0.102. The Hall–Kier alpha value is -2.66. The lowest BCUT2D eigenvalue weighted by Gasteiger charge is -2.12. The largest absolute Gasteiger partial charge is 0.331 e. The number of anilines is 3. The van der Waals surface area contributed by atoms with E-state index in [0.29, 0.717) is 10.8 Å². The van der Waals surface area contributed by atoms with E-state index < -0.39 is 0 Å². The van der Waals surface area contributed by atoms with E-state index in [1.165, 1.54) is 22.5 Å². The van der Waals surface area contributed by atoms with Crippen molar-refractivity contribution in [1.29, 1.82) is 0 Å². The van der Waals surface area contributed by atoms with Crippen LogP contribution in [0.3, 0.4) is 0 Å². The number of carbonyl (C=O) groups is 1. The van der Waals surface area contributed by atoms with E-state index >= 15 is 0 Å². The first-order valence-corrected chi connectivity index (χ1v) is 9.40. The maximum absolute atomic E-state index is 12.6. The first kappa shape index (κ1) is 18.1. The minimum atomic E-state index is -0.190. The van der Waals surface area contributed by atoms with Crippen LogP contribution in [0.5, 0.6) is 0 Å². The molecule has 1 amide bonds. The summed E-state index contributed by atoms with van der Waals surface area (Å²) in [7, 11) is 0. The number of hydrogen-bond acceptors (Lipinski definition) is 4. The molecule has 0 aliphatic carbocycles. The summed E-state index contributed by atoms with van der Waals surface area (Å²) in [6.07, 6.45) is 0. The molecule has 26 heavy (non-hydrogen) atoms. The molecule has 1 heterocycles. The van der Waals surface area contributed by atoms with E-state index in [1.54, 1.807) is 5.38 Å². The normalized spacial score (nSPS) is 10.7. The standard InChI is InChI=1S/C21H23N3OS/c1-12-6-7-17(14(3)8-12)22-21-23-18(11-26-21)20(25)24-19-15(4)9-13(2)10-16(19)5/h6-11H,1-5H3,(H,22,23)(H,24,25). The summed E-state index contributed by atoms with van der Waals surface area (Å²) in [5.41, 5.74) is 7.94. The minimum Gasteiger partial charge on any atom is -0.331 e. The van der Waals surface area contributed by atoms with E-state index in [2.05, 4.69) is 60.7 Å². The van der Waals surface area contributed by atoms with Gasteiger partial charge in [0.2, 0.25) is 0 Å². The van der Waals surface area contributed by atoms with Gasteiger partial charge in [0.25, 0.3) is 5.91 Å². The first-order chi connectivity index (χ1) is 12.3. The van der Waals surface area contributed by atoms with Gasteiger partial charge in [0.15, 0.2) is 5.13 Å². The molecule has 0 atom stereocenters. The smallest absolute Gasteiger partial charge is 0.275 e. The lowest BCUT2D eigenvalue weighted by Crippen LogP contribution is -2.14. The highest BCUT2D eigenvalue weighted by molar-refractivity contribution is 7.14. The van der Waals surface area contributed by atoms with Crippen LogP contribution in [-0.2, 0) is 0 Å². The van der Waals surface area contributed by atoms with Crippen molar-refractivity contribution in [3.8, 4) is 0 Å². The van der Waals surface area contributed by atoms with Crippen LogP contribution in [0.1, 0.15) is 38.3 Å². The van der Waals surface area contributed by atoms with E-state index in [1.807, 2.05) is 19.9 Å². The van der Waals surface area contributed by atoms with Crippen LogP contribution in [0.25, 0.3) is 0 Å². The van der Waals surface area contributed by atoms with Gasteiger partial charge >= 0.3 is 0 Å². The second-order valence-corrected chi connectivity index (χ2v) is 7.57. The summed E-state index contributed by atoms with van der Waals surface area (Å²) >= 11 is 1.42. The predicted octanol–water partition coefficient (Wildman–Crippen LogP) is 5.68. The fraction of sp³-hybridized carbons (Fsp3) is 0.238. The number of rotatable bonds is 4. The number of thiazole rings is 1. The van der Waals surface area contributed by atoms with Crippen molar-refractivity contribution in [2.75, 3.05) is 10.6 Å². The monoisotopic (exact) mass is 365 g/mol. The zero-order valence-corrected chi connectivity index (χ0v) is 16.5. The number of aryl methyl sites for hydroxylation is 5. The molecule has 0 spiro atoms. The third kappa shape index (κ3) is 3.94. The number of aromatic nitrogens is 1. The van der Waals surface area contributed by atoms with Gasteiger partial charge in [-0.1, -0.05) is 35.4 Å². The highest BCUT2D eigenvalue weighted by Crippen LogP contribution is 2.26. The summed E-state index contributed by atoms with van der Waals surface area (Å²) in [5.74, 6) is -0.190. The highest BCUT2D eigenvalue weighted by atomic mass is 32.1. The maximum atomic E-state index is 12.6. The molecule has 1 aromatic heterocycles. The zero-order valence-electron chi connectivity index (χ0n) is 15.7. The van der Waals surface area contributed by atoms with Gasteiger partial charge in [-0.25, -0.2) is 4.98 Å². The Labute approximate surface area is 158 Å². The van der Waals surface area contributed by atoms with Crippen LogP contribution in [0.2, 0.25) is 0 Å². The highest BCUT2D eigenvalue weighted by Gasteiger charge is 2.14. The number of carbonyl (C=O) groups excluding carboxylic acids is 1. The van der Waals surface area contributed by atoms with Gasteiger partial charge in [-0.3, -0.25) is 4.79 Å². The van der Waals surface area contributed by atoms with Crippen LogP contribution >= 0.6 is 11.3 Å². The van der Waals surface area contributed by atoms with E-state index in [4.69, 9.17) is 0 Å². The fourth-order valence-corrected chi connectivity index (χ4v) is 3.76. The van der Waals surface area contributed by atoms with Gasteiger partial charge in [-0.05, 0) is 57.4 Å². The molecule has 2 aromatic carbocycles. The number of nitrogens with one attached hydrogen (secondary N) is 2. The van der Waals surface area contributed by atoms with Crippen molar-refractivity contribution in [2.24, 2.45) is 0 Å². The van der Waals surface area contributed by atoms with Gasteiger partial charge in [0.1, 0.15) is 5.69 Å². The van der Waals surface area contributed by atoms with Crippen LogP contribution < -0.4 is 10.6 Å². The molecular formula is C21H23N3OS. The zero-order chi connectivity index (χ0) is 18.8. The fourth-order valence-electron chi connectivity index (χ4n) is 3.06. The summed E-state index contributed by atoms with van der Waals surface area (Å²) in [4.78, 5) is 17.0. The third-order valence-corrected chi connectivity index (χ3v) is 5.03. The summed E-state index contributed by atoms with van der Waals surface area (Å²) in [6, 6.07) is 10.3. The van der Waals surface area contributed by atoms with Crippen molar-refractivity contribution in [3.63, 3.8) is 0 Å². The molecule has 0 bridgehead atoms. The molecular weight excluding hydrogens is 342 g/mol. The van der Waals surface area contributed by atoms with Crippen LogP contribution in [0.4, 0.5) is 16.5 Å². The molecule has 0 aliphatic heterocycles. The topological polar surface area (TPSA) is 54.0 Å². The molecule has 0 saturated heterocycles. The number of amides is 1. The summed E-state index contributed by atoms with van der Waals surface area (Å²) in [6.45, 7) is 10.2. The molecule has 0 unspecified atom stereocenters. The van der Waals surface area contributed by atoms with Gasteiger partial charge in [0.05, 0.1) is 0 Å². The van der Waals surface area contributed by atoms with Gasteiger partial charge < -0.3 is 10.6 Å². The van der Waals surface area contributed by atoms with Crippen molar-refractivity contribution in [2.45, 2.75) is 34.6 Å². The Balaban J connectivity index is 1.76. The van der Waals surface area contributed by atoms with Gasteiger partial charge in [0, 0.05) is 16.8 Å². The molecule has 5 heteroatoms. The maximum Gasteiger partial charge on any atom is 0.275 e. The Morgan fingerprint density at radius 2 is 1.58 bits per heavy atom. The van der Waals surface area contributed by atoms with Crippen LogP contribution in [0, 0.1) is 34.6 Å². The van der Waals surface area contributed by atoms with Gasteiger partial charge in [-0.2, -0.15) is 0 Å². The molecule has 3 aromatic rings. The predicted molar refractivity (Wildman–Crippen MR) is 110 cm³/mol. The molecule has 0 aliphatic rings. The van der Waals surface area contributed by atoms with E-state index in [9.17, 15) is 4.79 Å². The number of benzene rings is 2. The van der Waals surface area contributed by atoms with E-state index in [-0.39, 0.29) is 5.91 Å². The SMILES string of the molecule is Cc1ccc(Nc2nc(C(=O)Nc3c(C)cc(C)cc3C)cs2)c(C)c1. The van der Waals surface area contributed by atoms with Crippen molar-refractivity contribution >= 4 is 33.8 Å². The summed E-state index contributed by atoms with van der Waals surface area (Å²) < 4.78 is 0. The average Bonchev–Trinajstić information content (AvgIpc) is 3.02. The first-order valence-electron chi connectivity index (χ1n) is 8.52. The molecule has 0 radical (unpaired) electrons. The van der Waals surface area contributed by atoms with Crippen molar-refractivity contribution in [3.05, 3.63) is 69.2 Å². The number of nitrogens with zero attached hydrogens (tertiary/aromatic N) is 1. The minimum absolute atomic E-state index is 0.190. The van der Waals surface area contributed by atoms with Crippen LogP contribution in [-0.4, -0.2) is 10.9 Å². The van der Waals surface area contributed by atoms with Crippen molar-refractivity contribution in [1.82, 2.24) is 4.98 Å². The molecule has 134 valence electrons. The van der Waals surface area contributed by atoms with Crippen LogP contribution in [0.15, 0.2) is 35.7 Å². The van der Waals surface area contributed by atoms with E-state index in [0.717, 1.165) is 28.1 Å². The second kappa shape index (κ2) is 7.30. The van der Waals surface area contributed by atoms with Gasteiger partial charge in [-0.15, -0.1) is 11.3 Å². The molecule has 0 saturated carbocycles. The average molecular weight is 366 g/mol. The lowest BCUT2D eigenvalue weighted by atomic mass is 10.1. The third-order valence-electron chi connectivity index (χ3n) is 4.28. The Morgan fingerprint density at radius 1 is 0.923 bits per heavy atom. The second-order valence-electron chi connectivity index (χ2n) is 6.71. The molecule has 4 nitrogen and oxygen atoms in total. The Kier molecular flexibility index (Phi) is 5.09. The van der Waals surface area contributed by atoms with Crippen molar-refractivity contribution < 1.29 is 4.79 Å².